The van der Waals surface area contributed by atoms with Gasteiger partial charge < -0.3 is 9.84 Å². The van der Waals surface area contributed by atoms with Crippen LogP contribution in [0.4, 0.5) is 8.78 Å². The molecule has 1 aliphatic rings. The Labute approximate surface area is 118 Å². The molecule has 2 rings (SSSR count). The van der Waals surface area contributed by atoms with E-state index in [4.69, 9.17) is 5.11 Å². The number of nitrogens with zero attached hydrogens (tertiary/aromatic N) is 1. The molecule has 1 aromatic carbocycles. The summed E-state index contributed by atoms with van der Waals surface area (Å²) in [4.78, 5) is 2.29. The Morgan fingerprint density at radius 3 is 2.90 bits per heavy atom. The molecule has 1 saturated heterocycles. The Morgan fingerprint density at radius 1 is 1.35 bits per heavy atom. The van der Waals surface area contributed by atoms with E-state index in [1.54, 1.807) is 12.1 Å². The molecule has 5 heteroatoms. The van der Waals surface area contributed by atoms with Crippen molar-refractivity contribution in [2.45, 2.75) is 44.9 Å². The first kappa shape index (κ1) is 15.2. The molecule has 0 radical (unpaired) electrons. The van der Waals surface area contributed by atoms with E-state index in [0.29, 0.717) is 12.6 Å². The summed E-state index contributed by atoms with van der Waals surface area (Å²) in [5, 5.41) is 8.92. The van der Waals surface area contributed by atoms with Gasteiger partial charge in [-0.05, 0) is 38.3 Å². The topological polar surface area (TPSA) is 32.7 Å². The van der Waals surface area contributed by atoms with Crippen LogP contribution in [0.5, 0.6) is 5.75 Å². The number of likely N-dealkylation sites (tertiary alicyclic amines) is 1. The van der Waals surface area contributed by atoms with E-state index in [0.717, 1.165) is 37.8 Å². The molecule has 112 valence electrons. The third kappa shape index (κ3) is 4.15. The maximum Gasteiger partial charge on any atom is 0.387 e. The molecule has 1 atom stereocenters. The quantitative estimate of drug-likeness (QED) is 0.836. The van der Waals surface area contributed by atoms with Crippen LogP contribution in [0.1, 0.15) is 31.2 Å². The van der Waals surface area contributed by atoms with Crippen LogP contribution in [0.2, 0.25) is 0 Å². The van der Waals surface area contributed by atoms with Crippen LogP contribution in [-0.4, -0.2) is 35.8 Å². The van der Waals surface area contributed by atoms with E-state index >= 15 is 0 Å². The fourth-order valence-electron chi connectivity index (χ4n) is 2.82. The number of alkyl halides is 2. The zero-order chi connectivity index (χ0) is 14.4. The van der Waals surface area contributed by atoms with Gasteiger partial charge in [-0.1, -0.05) is 18.2 Å². The van der Waals surface area contributed by atoms with Crippen LogP contribution in [-0.2, 0) is 6.54 Å². The van der Waals surface area contributed by atoms with Gasteiger partial charge in [0.2, 0.25) is 0 Å². The summed E-state index contributed by atoms with van der Waals surface area (Å²) in [7, 11) is 0. The largest absolute Gasteiger partial charge is 0.434 e. The predicted molar refractivity (Wildman–Crippen MR) is 72.8 cm³/mol. The minimum absolute atomic E-state index is 0.204. The second-order valence-electron chi connectivity index (χ2n) is 5.12. The highest BCUT2D eigenvalue weighted by Gasteiger charge is 2.25. The number of halogens is 2. The lowest BCUT2D eigenvalue weighted by Crippen LogP contribution is -2.29. The van der Waals surface area contributed by atoms with E-state index in [-0.39, 0.29) is 12.4 Å². The first-order valence-electron chi connectivity index (χ1n) is 7.08. The molecule has 0 saturated carbocycles. The summed E-state index contributed by atoms with van der Waals surface area (Å²) in [6, 6.07) is 7.39. The standard InChI is InChI=1S/C15H21F2NO2/c16-15(17)20-14-8-2-1-5-12(14)11-18-9-3-6-13(18)7-4-10-19/h1-2,5,8,13,15,19H,3-4,6-7,9-11H2. The summed E-state index contributed by atoms with van der Waals surface area (Å²) in [6.07, 6.45) is 3.97. The summed E-state index contributed by atoms with van der Waals surface area (Å²) >= 11 is 0. The Hall–Kier alpha value is -1.20. The van der Waals surface area contributed by atoms with Gasteiger partial charge in [0.05, 0.1) is 0 Å². The lowest BCUT2D eigenvalue weighted by atomic mass is 10.1. The van der Waals surface area contributed by atoms with Crippen LogP contribution >= 0.6 is 0 Å². The van der Waals surface area contributed by atoms with E-state index in [9.17, 15) is 8.78 Å². The Kier molecular flexibility index (Phi) is 5.73. The summed E-state index contributed by atoms with van der Waals surface area (Å²) in [5.74, 6) is 0.260. The van der Waals surface area contributed by atoms with Gasteiger partial charge in [0.1, 0.15) is 5.75 Å². The fraction of sp³-hybridized carbons (Fsp3) is 0.600. The maximum atomic E-state index is 12.4. The van der Waals surface area contributed by atoms with Crippen molar-refractivity contribution in [3.63, 3.8) is 0 Å². The minimum atomic E-state index is -2.79. The van der Waals surface area contributed by atoms with Crippen molar-refractivity contribution >= 4 is 0 Å². The number of para-hydroxylation sites is 1. The third-order valence-electron chi connectivity index (χ3n) is 3.76. The Balaban J connectivity index is 2.01. The zero-order valence-electron chi connectivity index (χ0n) is 11.5. The van der Waals surface area contributed by atoms with Crippen molar-refractivity contribution in [2.75, 3.05) is 13.2 Å². The van der Waals surface area contributed by atoms with E-state index < -0.39 is 6.61 Å². The number of benzene rings is 1. The average molecular weight is 285 g/mol. The Morgan fingerprint density at radius 2 is 2.15 bits per heavy atom. The minimum Gasteiger partial charge on any atom is -0.434 e. The van der Waals surface area contributed by atoms with Gasteiger partial charge in [-0.2, -0.15) is 8.78 Å². The van der Waals surface area contributed by atoms with Crippen LogP contribution in [0.15, 0.2) is 24.3 Å². The van der Waals surface area contributed by atoms with E-state index in [2.05, 4.69) is 9.64 Å². The highest BCUT2D eigenvalue weighted by molar-refractivity contribution is 5.33. The first-order chi connectivity index (χ1) is 9.70. The molecule has 0 aliphatic carbocycles. The fourth-order valence-corrected chi connectivity index (χ4v) is 2.82. The third-order valence-corrected chi connectivity index (χ3v) is 3.76. The van der Waals surface area contributed by atoms with Crippen molar-refractivity contribution in [1.82, 2.24) is 4.90 Å². The molecular weight excluding hydrogens is 264 g/mol. The normalized spacial score (nSPS) is 19.7. The van der Waals surface area contributed by atoms with Crippen molar-refractivity contribution < 1.29 is 18.6 Å². The number of rotatable bonds is 7. The van der Waals surface area contributed by atoms with Crippen LogP contribution in [0.25, 0.3) is 0 Å². The molecule has 1 fully saturated rings. The molecule has 0 aromatic heterocycles. The molecular formula is C15H21F2NO2. The molecule has 1 heterocycles. The average Bonchev–Trinajstić information content (AvgIpc) is 2.85. The monoisotopic (exact) mass is 285 g/mol. The maximum absolute atomic E-state index is 12.4. The first-order valence-corrected chi connectivity index (χ1v) is 7.08. The molecule has 20 heavy (non-hydrogen) atoms. The van der Waals surface area contributed by atoms with Gasteiger partial charge in [-0.15, -0.1) is 0 Å². The SMILES string of the molecule is OCCCC1CCCN1Cc1ccccc1OC(F)F. The molecule has 0 spiro atoms. The molecule has 0 amide bonds. The highest BCUT2D eigenvalue weighted by atomic mass is 19.3. The summed E-state index contributed by atoms with van der Waals surface area (Å²) in [5.41, 5.74) is 0.795. The number of ether oxygens (including phenoxy) is 1. The van der Waals surface area contributed by atoms with Crippen LogP contribution in [0, 0.1) is 0 Å². The molecule has 1 aliphatic heterocycles. The van der Waals surface area contributed by atoms with Gasteiger partial charge in [0, 0.05) is 24.8 Å². The molecule has 0 bridgehead atoms. The van der Waals surface area contributed by atoms with E-state index in [1.165, 1.54) is 0 Å². The summed E-state index contributed by atoms with van der Waals surface area (Å²) in [6.45, 7) is -0.993. The van der Waals surface area contributed by atoms with Crippen molar-refractivity contribution in [2.24, 2.45) is 0 Å². The smallest absolute Gasteiger partial charge is 0.387 e. The summed E-state index contributed by atoms with van der Waals surface area (Å²) < 4.78 is 29.4. The zero-order valence-corrected chi connectivity index (χ0v) is 11.5. The van der Waals surface area contributed by atoms with Gasteiger partial charge in [0.15, 0.2) is 0 Å². The van der Waals surface area contributed by atoms with Crippen LogP contribution in [0.3, 0.4) is 0 Å². The lowest BCUT2D eigenvalue weighted by Gasteiger charge is -2.25. The van der Waals surface area contributed by atoms with Gasteiger partial charge in [-0.3, -0.25) is 4.90 Å². The number of aliphatic hydroxyl groups excluding tert-OH is 1. The molecule has 1 N–H and O–H groups in total. The van der Waals surface area contributed by atoms with E-state index in [1.807, 2.05) is 12.1 Å². The van der Waals surface area contributed by atoms with Crippen molar-refractivity contribution in [3.8, 4) is 5.75 Å². The highest BCUT2D eigenvalue weighted by Crippen LogP contribution is 2.27. The lowest BCUT2D eigenvalue weighted by molar-refractivity contribution is -0.0508. The molecule has 1 aromatic rings. The second-order valence-corrected chi connectivity index (χ2v) is 5.12. The van der Waals surface area contributed by atoms with Gasteiger partial charge in [0.25, 0.3) is 0 Å². The number of hydrogen-bond acceptors (Lipinski definition) is 3. The van der Waals surface area contributed by atoms with Crippen LogP contribution < -0.4 is 4.74 Å². The molecule has 3 nitrogen and oxygen atoms in total. The number of hydrogen-bond donors (Lipinski definition) is 1. The van der Waals surface area contributed by atoms with Crippen molar-refractivity contribution in [3.05, 3.63) is 29.8 Å². The number of aliphatic hydroxyl groups is 1. The predicted octanol–water partition coefficient (Wildman–Crippen LogP) is 3.02. The van der Waals surface area contributed by atoms with Gasteiger partial charge >= 0.3 is 6.61 Å². The van der Waals surface area contributed by atoms with Gasteiger partial charge in [-0.25, -0.2) is 0 Å². The van der Waals surface area contributed by atoms with Crippen molar-refractivity contribution in [1.29, 1.82) is 0 Å². The Bertz CT molecular complexity index is 415. The molecule has 1 unspecified atom stereocenters. The second kappa shape index (κ2) is 7.55.